The molecule has 1 heterocycles. The van der Waals surface area contributed by atoms with Crippen LogP contribution in [-0.2, 0) is 12.8 Å². The van der Waals surface area contributed by atoms with Gasteiger partial charge >= 0.3 is 0 Å². The van der Waals surface area contributed by atoms with Crippen molar-refractivity contribution >= 4 is 0 Å². The molecule has 0 radical (unpaired) electrons. The maximum absolute atomic E-state index is 10.4. The quantitative estimate of drug-likeness (QED) is 0.873. The van der Waals surface area contributed by atoms with Gasteiger partial charge in [-0.05, 0) is 55.4 Å². The number of aliphatic hydroxyl groups excluding tert-OH is 1. The molecule has 1 aliphatic carbocycles. The molecule has 1 aromatic heterocycles. The normalized spacial score (nSPS) is 16.3. The lowest BCUT2D eigenvalue weighted by Gasteiger charge is -2.18. The van der Waals surface area contributed by atoms with Gasteiger partial charge in [0.15, 0.2) is 0 Å². The highest BCUT2D eigenvalue weighted by Gasteiger charge is 2.17. The Morgan fingerprint density at radius 2 is 1.89 bits per heavy atom. The molecule has 0 fully saturated rings. The molecule has 0 saturated heterocycles. The molecule has 2 aromatic rings. The third kappa shape index (κ3) is 1.97. The van der Waals surface area contributed by atoms with Gasteiger partial charge in [-0.3, -0.25) is 0 Å². The SMILES string of the molecule is Cc1occc1C(O)c1ccc2c(c1)CCCC2. The largest absolute Gasteiger partial charge is 0.469 e. The van der Waals surface area contributed by atoms with Crippen molar-refractivity contribution in [2.24, 2.45) is 0 Å². The Hall–Kier alpha value is -1.54. The van der Waals surface area contributed by atoms with E-state index in [-0.39, 0.29) is 0 Å². The summed E-state index contributed by atoms with van der Waals surface area (Å²) in [6.45, 7) is 1.89. The second kappa shape index (κ2) is 4.62. The zero-order valence-corrected chi connectivity index (χ0v) is 10.6. The Morgan fingerprint density at radius 1 is 1.11 bits per heavy atom. The van der Waals surface area contributed by atoms with E-state index >= 15 is 0 Å². The maximum Gasteiger partial charge on any atom is 0.107 e. The molecule has 1 aliphatic rings. The summed E-state index contributed by atoms with van der Waals surface area (Å²) < 4.78 is 5.26. The molecular formula is C16H18O2. The smallest absolute Gasteiger partial charge is 0.107 e. The molecule has 1 atom stereocenters. The van der Waals surface area contributed by atoms with Crippen molar-refractivity contribution in [3.8, 4) is 0 Å². The summed E-state index contributed by atoms with van der Waals surface area (Å²) in [5.74, 6) is 0.792. The van der Waals surface area contributed by atoms with Crippen molar-refractivity contribution in [3.05, 3.63) is 58.5 Å². The second-order valence-electron chi connectivity index (χ2n) is 5.07. The molecule has 0 amide bonds. The summed E-state index contributed by atoms with van der Waals surface area (Å²) in [7, 11) is 0. The maximum atomic E-state index is 10.4. The second-order valence-corrected chi connectivity index (χ2v) is 5.07. The summed E-state index contributed by atoms with van der Waals surface area (Å²) >= 11 is 0. The molecule has 1 unspecified atom stereocenters. The zero-order valence-electron chi connectivity index (χ0n) is 10.6. The fraction of sp³-hybridized carbons (Fsp3) is 0.375. The van der Waals surface area contributed by atoms with Crippen molar-refractivity contribution in [2.75, 3.05) is 0 Å². The van der Waals surface area contributed by atoms with Crippen LogP contribution < -0.4 is 0 Å². The van der Waals surface area contributed by atoms with Gasteiger partial charge in [0.2, 0.25) is 0 Å². The van der Waals surface area contributed by atoms with E-state index in [1.54, 1.807) is 6.26 Å². The lowest BCUT2D eigenvalue weighted by Crippen LogP contribution is -2.06. The molecule has 1 aromatic carbocycles. The van der Waals surface area contributed by atoms with Gasteiger partial charge in [-0.1, -0.05) is 18.2 Å². The van der Waals surface area contributed by atoms with Crippen LogP contribution in [0.5, 0.6) is 0 Å². The Kier molecular flexibility index (Phi) is 2.96. The van der Waals surface area contributed by atoms with E-state index in [0.717, 1.165) is 23.3 Å². The van der Waals surface area contributed by atoms with Crippen LogP contribution in [0.25, 0.3) is 0 Å². The topological polar surface area (TPSA) is 33.4 Å². The predicted octanol–water partition coefficient (Wildman–Crippen LogP) is 3.55. The van der Waals surface area contributed by atoms with Gasteiger partial charge in [-0.25, -0.2) is 0 Å². The average molecular weight is 242 g/mol. The molecule has 2 nitrogen and oxygen atoms in total. The predicted molar refractivity (Wildman–Crippen MR) is 70.6 cm³/mol. The van der Waals surface area contributed by atoms with Crippen LogP contribution in [0.4, 0.5) is 0 Å². The standard InChI is InChI=1S/C16H18O2/c1-11-15(8-9-18-11)16(17)14-7-6-12-4-2-3-5-13(12)10-14/h6-10,16-17H,2-5H2,1H3. The van der Waals surface area contributed by atoms with E-state index in [9.17, 15) is 5.11 Å². The van der Waals surface area contributed by atoms with Crippen molar-refractivity contribution in [2.45, 2.75) is 38.7 Å². The highest BCUT2D eigenvalue weighted by molar-refractivity contribution is 5.38. The van der Waals surface area contributed by atoms with Crippen LogP contribution in [0.3, 0.4) is 0 Å². The van der Waals surface area contributed by atoms with Crippen molar-refractivity contribution in [1.29, 1.82) is 0 Å². The Labute approximate surface area is 107 Å². The first-order chi connectivity index (χ1) is 8.75. The number of hydrogen-bond donors (Lipinski definition) is 1. The van der Waals surface area contributed by atoms with Crippen LogP contribution in [-0.4, -0.2) is 5.11 Å². The third-order valence-electron chi connectivity index (χ3n) is 3.88. The van der Waals surface area contributed by atoms with Gasteiger partial charge < -0.3 is 9.52 Å². The minimum Gasteiger partial charge on any atom is -0.469 e. The van der Waals surface area contributed by atoms with E-state index in [1.165, 1.54) is 30.4 Å². The van der Waals surface area contributed by atoms with Crippen LogP contribution >= 0.6 is 0 Å². The van der Waals surface area contributed by atoms with Crippen molar-refractivity contribution < 1.29 is 9.52 Å². The molecule has 0 spiro atoms. The molecule has 94 valence electrons. The van der Waals surface area contributed by atoms with Gasteiger partial charge in [0.1, 0.15) is 11.9 Å². The van der Waals surface area contributed by atoms with Gasteiger partial charge in [0.25, 0.3) is 0 Å². The summed E-state index contributed by atoms with van der Waals surface area (Å²) in [6, 6.07) is 8.22. The summed E-state index contributed by atoms with van der Waals surface area (Å²) in [4.78, 5) is 0. The molecule has 3 rings (SSSR count). The van der Waals surface area contributed by atoms with Crippen molar-refractivity contribution in [1.82, 2.24) is 0 Å². The molecule has 2 heteroatoms. The minimum atomic E-state index is -0.573. The molecule has 0 aliphatic heterocycles. The molecule has 0 saturated carbocycles. The zero-order chi connectivity index (χ0) is 12.5. The van der Waals surface area contributed by atoms with E-state index in [0.29, 0.717) is 0 Å². The number of benzene rings is 1. The summed E-state index contributed by atoms with van der Waals surface area (Å²) in [5.41, 5.74) is 4.69. The van der Waals surface area contributed by atoms with Gasteiger partial charge in [0, 0.05) is 5.56 Å². The summed E-state index contributed by atoms with van der Waals surface area (Å²) in [5, 5.41) is 10.4. The average Bonchev–Trinajstić information content (AvgIpc) is 2.83. The fourth-order valence-electron chi connectivity index (χ4n) is 2.78. The number of furan rings is 1. The number of rotatable bonds is 2. The fourth-order valence-corrected chi connectivity index (χ4v) is 2.78. The van der Waals surface area contributed by atoms with E-state index in [1.807, 2.05) is 19.1 Å². The first-order valence-corrected chi connectivity index (χ1v) is 6.59. The number of aryl methyl sites for hydroxylation is 3. The number of hydrogen-bond acceptors (Lipinski definition) is 2. The summed E-state index contributed by atoms with van der Waals surface area (Å²) in [6.07, 6.45) is 5.92. The monoisotopic (exact) mass is 242 g/mol. The number of fused-ring (bicyclic) bond motifs is 1. The van der Waals surface area contributed by atoms with Crippen LogP contribution in [0.1, 0.15) is 47.0 Å². The van der Waals surface area contributed by atoms with Crippen LogP contribution in [0, 0.1) is 6.92 Å². The minimum absolute atomic E-state index is 0.573. The van der Waals surface area contributed by atoms with Gasteiger partial charge in [-0.15, -0.1) is 0 Å². The Morgan fingerprint density at radius 3 is 2.61 bits per heavy atom. The molecular weight excluding hydrogens is 224 g/mol. The highest BCUT2D eigenvalue weighted by Crippen LogP contribution is 2.29. The van der Waals surface area contributed by atoms with Gasteiger partial charge in [-0.2, -0.15) is 0 Å². The molecule has 18 heavy (non-hydrogen) atoms. The lowest BCUT2D eigenvalue weighted by molar-refractivity contribution is 0.218. The number of aliphatic hydroxyl groups is 1. The lowest BCUT2D eigenvalue weighted by atomic mass is 9.88. The van der Waals surface area contributed by atoms with E-state index < -0.39 is 6.10 Å². The highest BCUT2D eigenvalue weighted by atomic mass is 16.3. The van der Waals surface area contributed by atoms with E-state index in [2.05, 4.69) is 12.1 Å². The first kappa shape index (κ1) is 11.5. The molecule has 0 bridgehead atoms. The Bertz CT molecular complexity index is 554. The van der Waals surface area contributed by atoms with E-state index in [4.69, 9.17) is 4.42 Å². The third-order valence-corrected chi connectivity index (χ3v) is 3.88. The van der Waals surface area contributed by atoms with Crippen LogP contribution in [0.2, 0.25) is 0 Å². The van der Waals surface area contributed by atoms with Gasteiger partial charge in [0.05, 0.1) is 6.26 Å². The first-order valence-electron chi connectivity index (χ1n) is 6.59. The Balaban J connectivity index is 1.95. The van der Waals surface area contributed by atoms with Crippen LogP contribution in [0.15, 0.2) is 34.9 Å². The molecule has 1 N–H and O–H groups in total. The van der Waals surface area contributed by atoms with Crippen molar-refractivity contribution in [3.63, 3.8) is 0 Å².